The molecule has 2 aliphatic rings. The molecule has 2 saturated carbocycles. The largest absolute Gasteiger partial charge is 0.409 e. The van der Waals surface area contributed by atoms with Crippen molar-refractivity contribution in [2.75, 3.05) is 0 Å². The Morgan fingerprint density at radius 2 is 1.67 bits per heavy atom. The zero-order valence-electron chi connectivity index (χ0n) is 12.5. The lowest BCUT2D eigenvalue weighted by Gasteiger charge is -2.35. The molecule has 0 spiro atoms. The minimum absolute atomic E-state index is 0.0790. The van der Waals surface area contributed by atoms with E-state index in [1.54, 1.807) is 0 Å². The van der Waals surface area contributed by atoms with Crippen LogP contribution in [0.15, 0.2) is 0 Å². The molecule has 4 heteroatoms. The number of hydrogen-bond acceptors (Lipinski definition) is 1. The molecule has 0 radical (unpaired) electrons. The molecule has 106 valence electrons. The van der Waals surface area contributed by atoms with E-state index in [0.29, 0.717) is 5.41 Å². The molecule has 0 aromatic rings. The zero-order valence-corrected chi connectivity index (χ0v) is 15.8. The molecule has 2 rings (SSSR count). The fourth-order valence-corrected chi connectivity index (χ4v) is 7.11. The number of halogens is 2. The van der Waals surface area contributed by atoms with Crippen LogP contribution in [0.4, 0.5) is 0 Å². The van der Waals surface area contributed by atoms with Crippen molar-refractivity contribution >= 4 is 35.8 Å². The summed E-state index contributed by atoms with van der Waals surface area (Å²) in [4.78, 5) is 0. The third-order valence-corrected chi connectivity index (χ3v) is 7.97. The van der Waals surface area contributed by atoms with E-state index in [2.05, 4.69) is 56.3 Å². The van der Waals surface area contributed by atoms with Crippen LogP contribution in [0.2, 0.25) is 19.6 Å². The average Bonchev–Trinajstić information content (AvgIpc) is 2.47. The molecule has 0 unspecified atom stereocenters. The summed E-state index contributed by atoms with van der Waals surface area (Å²) in [5.41, 5.74) is 0.226. The summed E-state index contributed by atoms with van der Waals surface area (Å²) in [5, 5.41) is 0. The van der Waals surface area contributed by atoms with Crippen LogP contribution in [0.5, 0.6) is 0 Å². The lowest BCUT2D eigenvalue weighted by Crippen LogP contribution is -2.40. The summed E-state index contributed by atoms with van der Waals surface area (Å²) in [5.74, 6) is 0. The predicted octanol–water partition coefficient (Wildman–Crippen LogP) is 5.53. The minimum Gasteiger partial charge on any atom is -0.409 e. The topological polar surface area (TPSA) is 9.23 Å². The summed E-state index contributed by atoms with van der Waals surface area (Å²) in [6, 6.07) is 0. The highest BCUT2D eigenvalue weighted by molar-refractivity contribution is 9.10. The molecular formula is C14H26BrClOSi. The summed E-state index contributed by atoms with van der Waals surface area (Å²) < 4.78 is 6.26. The third-order valence-electron chi connectivity index (χ3n) is 4.77. The Balaban J connectivity index is 2.39. The number of rotatable bonds is 2. The monoisotopic (exact) mass is 352 g/mol. The van der Waals surface area contributed by atoms with Gasteiger partial charge in [0.2, 0.25) is 0 Å². The standard InChI is InChI=1S/C14H26BrClOSi/c1-11(2)8-7-9-12(3)13(10-11,14(12,15)16)17-18(4,5)6/h7-10H2,1-6H3/t12-,13-,14-/m0/s1. The van der Waals surface area contributed by atoms with Gasteiger partial charge in [-0.05, 0) is 44.3 Å². The van der Waals surface area contributed by atoms with Crippen LogP contribution in [0.3, 0.4) is 0 Å². The van der Waals surface area contributed by atoms with Gasteiger partial charge in [-0.1, -0.05) is 43.1 Å². The van der Waals surface area contributed by atoms with Crippen LogP contribution in [-0.4, -0.2) is 17.7 Å². The maximum absolute atomic E-state index is 6.83. The Labute approximate surface area is 126 Å². The van der Waals surface area contributed by atoms with Crippen LogP contribution in [0.1, 0.15) is 46.5 Å². The molecule has 2 aliphatic carbocycles. The molecule has 0 saturated heterocycles. The second kappa shape index (κ2) is 3.99. The van der Waals surface area contributed by atoms with Crippen molar-refractivity contribution in [3.05, 3.63) is 0 Å². The van der Waals surface area contributed by atoms with Crippen molar-refractivity contribution in [3.8, 4) is 0 Å². The van der Waals surface area contributed by atoms with E-state index in [1.165, 1.54) is 12.8 Å². The van der Waals surface area contributed by atoms with Gasteiger partial charge in [0.05, 0.1) is 5.60 Å². The van der Waals surface area contributed by atoms with Crippen molar-refractivity contribution in [1.29, 1.82) is 0 Å². The first kappa shape index (κ1) is 15.3. The van der Waals surface area contributed by atoms with E-state index >= 15 is 0 Å². The van der Waals surface area contributed by atoms with E-state index in [4.69, 9.17) is 16.0 Å². The molecule has 0 heterocycles. The summed E-state index contributed by atoms with van der Waals surface area (Å²) >= 11 is 10.6. The number of fused-ring (bicyclic) bond motifs is 1. The van der Waals surface area contributed by atoms with Crippen LogP contribution >= 0.6 is 27.5 Å². The highest BCUT2D eigenvalue weighted by atomic mass is 79.9. The first-order chi connectivity index (χ1) is 7.87. The Morgan fingerprint density at radius 3 is 2.17 bits per heavy atom. The van der Waals surface area contributed by atoms with Crippen LogP contribution in [0, 0.1) is 10.8 Å². The van der Waals surface area contributed by atoms with Gasteiger partial charge in [0.15, 0.2) is 8.32 Å². The molecule has 0 aromatic carbocycles. The molecule has 0 N–H and O–H groups in total. The Hall–Kier alpha value is 0.947. The van der Waals surface area contributed by atoms with Gasteiger partial charge in [0.25, 0.3) is 0 Å². The Kier molecular flexibility index (Phi) is 3.40. The molecular weight excluding hydrogens is 328 g/mol. The first-order valence-corrected chi connectivity index (χ1v) is 11.5. The van der Waals surface area contributed by atoms with Gasteiger partial charge in [-0.15, -0.1) is 11.6 Å². The number of hydrogen-bond donors (Lipinski definition) is 0. The van der Waals surface area contributed by atoms with Gasteiger partial charge in [0.1, 0.15) is 3.78 Å². The van der Waals surface area contributed by atoms with Crippen LogP contribution in [0.25, 0.3) is 0 Å². The van der Waals surface area contributed by atoms with Gasteiger partial charge < -0.3 is 4.43 Å². The lowest BCUT2D eigenvalue weighted by atomic mass is 9.82. The molecule has 0 aromatic heterocycles. The van der Waals surface area contributed by atoms with Gasteiger partial charge in [0, 0.05) is 5.41 Å². The Bertz CT molecular complexity index is 363. The smallest absolute Gasteiger partial charge is 0.184 e. The van der Waals surface area contributed by atoms with E-state index in [1.807, 2.05) is 0 Å². The Morgan fingerprint density at radius 1 is 1.11 bits per heavy atom. The quantitative estimate of drug-likeness (QED) is 0.468. The van der Waals surface area contributed by atoms with Crippen molar-refractivity contribution in [2.24, 2.45) is 10.8 Å². The highest BCUT2D eigenvalue weighted by Crippen LogP contribution is 2.80. The first-order valence-electron chi connectivity index (χ1n) is 6.95. The third kappa shape index (κ3) is 2.04. The predicted molar refractivity (Wildman–Crippen MR) is 85.0 cm³/mol. The fourth-order valence-electron chi connectivity index (χ4n) is 3.81. The normalized spacial score (nSPS) is 47.3. The summed E-state index contributed by atoms with van der Waals surface area (Å²) in [7, 11) is -1.61. The van der Waals surface area contributed by atoms with Gasteiger partial charge in [-0.25, -0.2) is 0 Å². The van der Waals surface area contributed by atoms with Gasteiger partial charge in [-0.2, -0.15) is 0 Å². The van der Waals surface area contributed by atoms with Crippen molar-refractivity contribution in [2.45, 2.75) is 75.5 Å². The van der Waals surface area contributed by atoms with E-state index < -0.39 is 8.32 Å². The molecule has 18 heavy (non-hydrogen) atoms. The molecule has 0 bridgehead atoms. The maximum Gasteiger partial charge on any atom is 0.184 e. The zero-order chi connectivity index (χ0) is 14.0. The molecule has 1 nitrogen and oxygen atoms in total. The number of alkyl halides is 2. The van der Waals surface area contributed by atoms with Crippen molar-refractivity contribution < 1.29 is 4.43 Å². The van der Waals surface area contributed by atoms with Crippen LogP contribution < -0.4 is 0 Å². The van der Waals surface area contributed by atoms with Crippen molar-refractivity contribution in [1.82, 2.24) is 0 Å². The van der Waals surface area contributed by atoms with E-state index in [-0.39, 0.29) is 14.8 Å². The van der Waals surface area contributed by atoms with E-state index in [0.717, 1.165) is 12.8 Å². The van der Waals surface area contributed by atoms with Crippen molar-refractivity contribution in [3.63, 3.8) is 0 Å². The fraction of sp³-hybridized carbons (Fsp3) is 1.00. The molecule has 2 fully saturated rings. The molecule has 3 atom stereocenters. The lowest BCUT2D eigenvalue weighted by molar-refractivity contribution is 0.0803. The minimum atomic E-state index is -1.61. The average molecular weight is 354 g/mol. The van der Waals surface area contributed by atoms with Gasteiger partial charge >= 0.3 is 0 Å². The molecule has 0 amide bonds. The summed E-state index contributed by atoms with van der Waals surface area (Å²) in [6.07, 6.45) is 4.75. The SMILES string of the molecule is CC1(C)CCC[C@]2(C)[C@@](Cl)(Br)[C@]2(O[Si](C)(C)C)C1. The molecule has 0 aliphatic heterocycles. The van der Waals surface area contributed by atoms with Crippen LogP contribution in [-0.2, 0) is 4.43 Å². The summed E-state index contributed by atoms with van der Waals surface area (Å²) in [6.45, 7) is 13.8. The maximum atomic E-state index is 6.83. The second-order valence-electron chi connectivity index (χ2n) is 8.14. The van der Waals surface area contributed by atoms with E-state index in [9.17, 15) is 0 Å². The second-order valence-corrected chi connectivity index (χ2v) is 14.8. The van der Waals surface area contributed by atoms with Gasteiger partial charge in [-0.3, -0.25) is 0 Å². The highest BCUT2D eigenvalue weighted by Gasteiger charge is 2.85.